The van der Waals surface area contributed by atoms with Crippen LogP contribution >= 0.6 is 24.8 Å². The Bertz CT molecular complexity index is 1300. The van der Waals surface area contributed by atoms with E-state index in [4.69, 9.17) is 21.3 Å². The van der Waals surface area contributed by atoms with Crippen molar-refractivity contribution < 1.29 is 14.3 Å². The number of anilines is 1. The first-order chi connectivity index (χ1) is 16.8. The summed E-state index contributed by atoms with van der Waals surface area (Å²) in [5.41, 5.74) is 7.27. The largest absolute Gasteiger partial charge is 0.489 e. The van der Waals surface area contributed by atoms with Crippen molar-refractivity contribution in [3.8, 4) is 5.75 Å². The Hall–Kier alpha value is -3.82. The van der Waals surface area contributed by atoms with E-state index in [0.29, 0.717) is 11.4 Å². The summed E-state index contributed by atoms with van der Waals surface area (Å²) in [5, 5.41) is 23.7. The van der Waals surface area contributed by atoms with Gasteiger partial charge in [-0.3, -0.25) is 20.4 Å². The van der Waals surface area contributed by atoms with Crippen LogP contribution in [-0.4, -0.2) is 47.6 Å². The zero-order valence-corrected chi connectivity index (χ0v) is 21.9. The molecule has 1 aliphatic rings. The second-order valence-electron chi connectivity index (χ2n) is 8.53. The molecule has 0 spiro atoms. The first-order valence-electron chi connectivity index (χ1n) is 11.3. The molecule has 0 radical (unpaired) electrons. The molecule has 11 heteroatoms. The van der Waals surface area contributed by atoms with Crippen LogP contribution < -0.4 is 21.1 Å². The van der Waals surface area contributed by atoms with Gasteiger partial charge in [0.1, 0.15) is 17.7 Å². The molecule has 1 atom stereocenters. The highest BCUT2D eigenvalue weighted by Gasteiger charge is 2.24. The molecule has 1 unspecified atom stereocenters. The molecule has 0 aliphatic carbocycles. The Morgan fingerprint density at radius 1 is 1.03 bits per heavy atom. The summed E-state index contributed by atoms with van der Waals surface area (Å²) < 4.78 is 6.04. The van der Waals surface area contributed by atoms with Crippen molar-refractivity contribution in [2.45, 2.75) is 26.0 Å². The lowest BCUT2D eigenvalue weighted by Crippen LogP contribution is -2.35. The number of hydrogen-bond acceptors (Lipinski definition) is 5. The van der Waals surface area contributed by atoms with Gasteiger partial charge in [0.2, 0.25) is 0 Å². The Morgan fingerprint density at radius 3 is 2.38 bits per heavy atom. The lowest BCUT2D eigenvalue weighted by atomic mass is 10.0. The summed E-state index contributed by atoms with van der Waals surface area (Å²) in [6.45, 7) is 3.54. The number of carbonyl (C=O) groups excluding carboxylic acids is 2. The van der Waals surface area contributed by atoms with Gasteiger partial charge in [-0.15, -0.1) is 24.8 Å². The second-order valence-corrected chi connectivity index (χ2v) is 8.53. The van der Waals surface area contributed by atoms with E-state index in [-0.39, 0.29) is 43.3 Å². The highest BCUT2D eigenvalue weighted by Crippen LogP contribution is 2.22. The number of nitrogens with two attached hydrogens (primary N) is 1. The Balaban J connectivity index is 0.00000241. The normalized spacial score (nSPS) is 14.2. The van der Waals surface area contributed by atoms with Crippen molar-refractivity contribution in [2.75, 3.05) is 18.4 Å². The van der Waals surface area contributed by atoms with E-state index in [0.717, 1.165) is 47.3 Å². The van der Waals surface area contributed by atoms with E-state index < -0.39 is 11.8 Å². The third-order valence-corrected chi connectivity index (χ3v) is 5.92. The third-order valence-electron chi connectivity index (χ3n) is 5.92. The standard InChI is InChI=1S/C26H28N6O3.2ClH/c1-16(27)32-11-10-23(15-32)35-22-8-6-21(7-9-22)31-24(28)19-5-4-18-3-2-17(12-20(18)13-19)14-30-26(34)25(29)33;;/h2-9,12-13,23,27H,10-11,14-15H2,1H3,(H2,28,31)(H2,29,33)(H,30,34);2*1H. The van der Waals surface area contributed by atoms with Gasteiger partial charge in [0.25, 0.3) is 0 Å². The van der Waals surface area contributed by atoms with Gasteiger partial charge in [0, 0.05) is 30.8 Å². The van der Waals surface area contributed by atoms with Gasteiger partial charge in [-0.2, -0.15) is 0 Å². The van der Waals surface area contributed by atoms with Crippen LogP contribution in [0, 0.1) is 10.8 Å². The minimum Gasteiger partial charge on any atom is -0.489 e. The van der Waals surface area contributed by atoms with Crippen LogP contribution in [0.1, 0.15) is 24.5 Å². The molecule has 0 saturated carbocycles. The SMILES string of the molecule is CC(=N)N1CCC(Oc2ccc(NC(=N)c3ccc4ccc(CNC(=O)C(N)=O)cc4c3)cc2)C1.Cl.Cl. The maximum atomic E-state index is 11.4. The molecule has 3 aromatic rings. The Kier molecular flexibility index (Phi) is 10.3. The van der Waals surface area contributed by atoms with Gasteiger partial charge >= 0.3 is 11.8 Å². The molecule has 9 nitrogen and oxygen atoms in total. The minimum absolute atomic E-state index is 0. The lowest BCUT2D eigenvalue weighted by Gasteiger charge is -2.17. The fraction of sp³-hybridized carbons (Fsp3) is 0.231. The molecule has 1 heterocycles. The maximum absolute atomic E-state index is 11.4. The molecule has 1 aliphatic heterocycles. The summed E-state index contributed by atoms with van der Waals surface area (Å²) >= 11 is 0. The summed E-state index contributed by atoms with van der Waals surface area (Å²) in [5.74, 6) is -0.267. The van der Waals surface area contributed by atoms with Gasteiger partial charge in [0.15, 0.2) is 0 Å². The van der Waals surface area contributed by atoms with Gasteiger partial charge in [-0.25, -0.2) is 0 Å². The van der Waals surface area contributed by atoms with E-state index in [1.54, 1.807) is 6.92 Å². The minimum atomic E-state index is -1.02. The van der Waals surface area contributed by atoms with Crippen molar-refractivity contribution in [3.63, 3.8) is 0 Å². The van der Waals surface area contributed by atoms with Gasteiger partial charge in [-0.1, -0.05) is 24.3 Å². The molecule has 2 amide bonds. The number of ether oxygens (including phenoxy) is 1. The smallest absolute Gasteiger partial charge is 0.309 e. The van der Waals surface area contributed by atoms with Crippen molar-refractivity contribution in [3.05, 3.63) is 71.8 Å². The number of hydrogen-bond donors (Lipinski definition) is 5. The van der Waals surface area contributed by atoms with Crippen LogP contribution in [0.25, 0.3) is 10.8 Å². The average Bonchev–Trinajstić information content (AvgIpc) is 3.32. The number of amidine groups is 2. The van der Waals surface area contributed by atoms with Crippen LogP contribution in [0.15, 0.2) is 60.7 Å². The molecular formula is C26H30Cl2N6O3. The number of carbonyl (C=O) groups is 2. The molecule has 1 saturated heterocycles. The fourth-order valence-corrected chi connectivity index (χ4v) is 3.99. The average molecular weight is 545 g/mol. The Morgan fingerprint density at radius 2 is 1.73 bits per heavy atom. The molecule has 1 fully saturated rings. The monoisotopic (exact) mass is 544 g/mol. The van der Waals surface area contributed by atoms with Crippen LogP contribution in [0.3, 0.4) is 0 Å². The van der Waals surface area contributed by atoms with E-state index >= 15 is 0 Å². The first kappa shape index (κ1) is 29.4. The Labute approximate surface area is 227 Å². The van der Waals surface area contributed by atoms with Crippen molar-refractivity contribution >= 4 is 64.8 Å². The van der Waals surface area contributed by atoms with Crippen molar-refractivity contribution in [2.24, 2.45) is 5.73 Å². The van der Waals surface area contributed by atoms with E-state index in [2.05, 4.69) is 10.6 Å². The molecule has 37 heavy (non-hydrogen) atoms. The molecule has 0 bridgehead atoms. The van der Waals surface area contributed by atoms with Gasteiger partial charge in [-0.05, 0) is 59.7 Å². The van der Waals surface area contributed by atoms with Crippen LogP contribution in [-0.2, 0) is 16.1 Å². The summed E-state index contributed by atoms with van der Waals surface area (Å²) in [6.07, 6.45) is 0.959. The van der Waals surface area contributed by atoms with E-state index in [1.165, 1.54) is 0 Å². The first-order valence-corrected chi connectivity index (χ1v) is 11.3. The highest BCUT2D eigenvalue weighted by molar-refractivity contribution is 6.34. The molecule has 6 N–H and O–H groups in total. The van der Waals surface area contributed by atoms with Crippen molar-refractivity contribution in [1.29, 1.82) is 10.8 Å². The summed E-state index contributed by atoms with van der Waals surface area (Å²) in [6, 6.07) is 18.9. The van der Waals surface area contributed by atoms with E-state index in [1.807, 2.05) is 65.6 Å². The molecule has 4 rings (SSSR count). The maximum Gasteiger partial charge on any atom is 0.309 e. The molecule has 0 aromatic heterocycles. The van der Waals surface area contributed by atoms with Crippen LogP contribution in [0.4, 0.5) is 5.69 Å². The number of rotatable bonds is 6. The number of halogens is 2. The predicted molar refractivity (Wildman–Crippen MR) is 150 cm³/mol. The third kappa shape index (κ3) is 7.58. The molecular weight excluding hydrogens is 515 g/mol. The predicted octanol–water partition coefficient (Wildman–Crippen LogP) is 3.67. The zero-order chi connectivity index (χ0) is 24.9. The molecule has 3 aromatic carbocycles. The number of amides is 2. The quantitative estimate of drug-likeness (QED) is 0.182. The van der Waals surface area contributed by atoms with Crippen molar-refractivity contribution in [1.82, 2.24) is 10.2 Å². The lowest BCUT2D eigenvalue weighted by molar-refractivity contribution is -0.137. The summed E-state index contributed by atoms with van der Waals surface area (Å²) in [4.78, 5) is 24.3. The number of benzene rings is 3. The van der Waals surface area contributed by atoms with Gasteiger partial charge < -0.3 is 26.0 Å². The van der Waals surface area contributed by atoms with Gasteiger partial charge in [0.05, 0.1) is 12.4 Å². The molecule has 196 valence electrons. The van der Waals surface area contributed by atoms with Crippen LogP contribution in [0.5, 0.6) is 5.75 Å². The number of nitrogens with zero attached hydrogens (tertiary/aromatic N) is 1. The zero-order valence-electron chi connectivity index (χ0n) is 20.2. The number of likely N-dealkylation sites (tertiary alicyclic amines) is 1. The van der Waals surface area contributed by atoms with Crippen LogP contribution in [0.2, 0.25) is 0 Å². The van der Waals surface area contributed by atoms with E-state index in [9.17, 15) is 9.59 Å². The number of primary amides is 1. The number of nitrogens with one attached hydrogen (secondary N) is 4. The highest BCUT2D eigenvalue weighted by atomic mass is 35.5. The second kappa shape index (κ2) is 12.9. The fourth-order valence-electron chi connectivity index (χ4n) is 3.99. The number of fused-ring (bicyclic) bond motifs is 1. The topological polar surface area (TPSA) is 144 Å². The summed E-state index contributed by atoms with van der Waals surface area (Å²) in [7, 11) is 0.